The van der Waals surface area contributed by atoms with Gasteiger partial charge in [0.05, 0.1) is 11.9 Å². The second kappa shape index (κ2) is 5.61. The molecular weight excluding hydrogens is 306 g/mol. The molecule has 0 saturated heterocycles. The highest BCUT2D eigenvalue weighted by atomic mass is 35.5. The van der Waals surface area contributed by atoms with Gasteiger partial charge >= 0.3 is 0 Å². The van der Waals surface area contributed by atoms with E-state index >= 15 is 0 Å². The number of para-hydroxylation sites is 1. The van der Waals surface area contributed by atoms with Crippen LogP contribution in [-0.4, -0.2) is 30.7 Å². The first-order chi connectivity index (χ1) is 10.6. The monoisotopic (exact) mass is 317 g/mol. The van der Waals surface area contributed by atoms with E-state index in [9.17, 15) is 9.59 Å². The normalized spacial score (nSPS) is 12.3. The lowest BCUT2D eigenvalue weighted by Gasteiger charge is -2.08. The van der Waals surface area contributed by atoms with Gasteiger partial charge in [0.2, 0.25) is 0 Å². The molecule has 0 fully saturated rings. The molecule has 0 aliphatic rings. The molecule has 112 valence electrons. The van der Waals surface area contributed by atoms with Gasteiger partial charge in [-0.3, -0.25) is 15.0 Å². The highest BCUT2D eigenvalue weighted by Gasteiger charge is 2.14. The van der Waals surface area contributed by atoms with Gasteiger partial charge in [-0.15, -0.1) is 11.6 Å². The number of halogens is 1. The van der Waals surface area contributed by atoms with Crippen LogP contribution in [0.3, 0.4) is 0 Å². The zero-order valence-corrected chi connectivity index (χ0v) is 12.4. The van der Waals surface area contributed by atoms with Crippen LogP contribution in [0.15, 0.2) is 47.7 Å². The highest BCUT2D eigenvalue weighted by Crippen LogP contribution is 2.12. The van der Waals surface area contributed by atoms with Crippen molar-refractivity contribution in [1.29, 1.82) is 0 Å². The minimum absolute atomic E-state index is 0.300. The highest BCUT2D eigenvalue weighted by molar-refractivity contribution is 6.31. The maximum Gasteiger partial charge on any atom is 0.283 e. The van der Waals surface area contributed by atoms with Crippen molar-refractivity contribution in [2.24, 2.45) is 0 Å². The number of amides is 1. The Kier molecular flexibility index (Phi) is 3.64. The molecule has 3 aromatic rings. The van der Waals surface area contributed by atoms with Crippen molar-refractivity contribution in [3.63, 3.8) is 0 Å². The van der Waals surface area contributed by atoms with Crippen LogP contribution in [0, 0.1) is 0 Å². The first kappa shape index (κ1) is 14.3. The van der Waals surface area contributed by atoms with Crippen LogP contribution >= 0.6 is 11.6 Å². The zero-order valence-electron chi connectivity index (χ0n) is 11.6. The van der Waals surface area contributed by atoms with E-state index in [0.29, 0.717) is 11.0 Å². The number of benzene rings is 1. The molecule has 1 N–H and O–H groups in total. The third-order valence-electron chi connectivity index (χ3n) is 3.08. The van der Waals surface area contributed by atoms with Gasteiger partial charge in [0.1, 0.15) is 17.1 Å². The topological polar surface area (TPSA) is 81.8 Å². The Morgan fingerprint density at radius 1 is 1.32 bits per heavy atom. The first-order valence-electron chi connectivity index (χ1n) is 6.53. The predicted octanol–water partition coefficient (Wildman–Crippen LogP) is 1.28. The van der Waals surface area contributed by atoms with Crippen molar-refractivity contribution in [2.75, 3.05) is 5.43 Å². The van der Waals surface area contributed by atoms with E-state index in [2.05, 4.69) is 15.5 Å². The molecule has 2 heterocycles. The van der Waals surface area contributed by atoms with Crippen molar-refractivity contribution in [3.8, 4) is 5.69 Å². The van der Waals surface area contributed by atoms with E-state index in [1.54, 1.807) is 4.68 Å². The fourth-order valence-corrected chi connectivity index (χ4v) is 2.01. The number of hydrogen-bond donors (Lipinski definition) is 1. The number of rotatable bonds is 3. The maximum atomic E-state index is 12.3. The van der Waals surface area contributed by atoms with Crippen LogP contribution in [0.1, 0.15) is 6.92 Å². The minimum atomic E-state index is -0.755. The summed E-state index contributed by atoms with van der Waals surface area (Å²) in [4.78, 5) is 28.1. The van der Waals surface area contributed by atoms with E-state index in [0.717, 1.165) is 10.4 Å². The van der Waals surface area contributed by atoms with Gasteiger partial charge in [-0.25, -0.2) is 14.3 Å². The number of alkyl halides is 1. The van der Waals surface area contributed by atoms with Crippen molar-refractivity contribution >= 4 is 28.5 Å². The van der Waals surface area contributed by atoms with E-state index in [1.165, 1.54) is 19.4 Å². The lowest BCUT2D eigenvalue weighted by molar-refractivity contribution is -0.116. The number of fused-ring (bicyclic) bond motifs is 1. The lowest BCUT2D eigenvalue weighted by Crippen LogP contribution is -2.36. The summed E-state index contributed by atoms with van der Waals surface area (Å²) in [6, 6.07) is 9.34. The number of nitrogens with zero attached hydrogens (tertiary/aromatic N) is 4. The first-order valence-corrected chi connectivity index (χ1v) is 6.97. The van der Waals surface area contributed by atoms with Crippen LogP contribution in [0.2, 0.25) is 0 Å². The fourth-order valence-electron chi connectivity index (χ4n) is 1.96. The molecule has 1 amide bonds. The van der Waals surface area contributed by atoms with Crippen LogP contribution in [-0.2, 0) is 4.79 Å². The third kappa shape index (κ3) is 2.46. The number of carbonyl (C=O) groups excluding carboxylic acids is 1. The number of aromatic nitrogens is 4. The lowest BCUT2D eigenvalue weighted by atomic mass is 10.3. The molecule has 0 spiro atoms. The van der Waals surface area contributed by atoms with Gasteiger partial charge in [0.25, 0.3) is 11.5 Å². The number of hydrogen-bond acceptors (Lipinski definition) is 4. The van der Waals surface area contributed by atoms with Gasteiger partial charge in [-0.1, -0.05) is 18.2 Å². The summed E-state index contributed by atoms with van der Waals surface area (Å²) < 4.78 is 2.56. The second-order valence-corrected chi connectivity index (χ2v) is 5.30. The standard InChI is InChI=1S/C14H12ClN5O2/c1-9(15)13(21)18-19-8-16-12-11(14(19)22)7-17-20(12)10-5-3-2-4-6-10/h2-9H,1H3,(H,18,21)/t9-/m0/s1. The summed E-state index contributed by atoms with van der Waals surface area (Å²) in [5, 5.41) is 3.73. The van der Waals surface area contributed by atoms with Crippen molar-refractivity contribution in [3.05, 3.63) is 53.2 Å². The summed E-state index contributed by atoms with van der Waals surface area (Å²) in [5.41, 5.74) is 3.18. The summed E-state index contributed by atoms with van der Waals surface area (Å²) in [5.74, 6) is -0.486. The molecule has 22 heavy (non-hydrogen) atoms. The van der Waals surface area contributed by atoms with Crippen LogP contribution in [0.4, 0.5) is 0 Å². The molecule has 1 aromatic carbocycles. The molecule has 2 aromatic heterocycles. The quantitative estimate of drug-likeness (QED) is 0.738. The molecule has 3 rings (SSSR count). The Morgan fingerprint density at radius 2 is 2.05 bits per heavy atom. The minimum Gasteiger partial charge on any atom is -0.272 e. The smallest absolute Gasteiger partial charge is 0.272 e. The molecule has 0 aliphatic carbocycles. The molecule has 0 aliphatic heterocycles. The molecule has 8 heteroatoms. The van der Waals surface area contributed by atoms with E-state index in [1.807, 2.05) is 30.3 Å². The number of carbonyl (C=O) groups is 1. The molecule has 0 bridgehead atoms. The van der Waals surface area contributed by atoms with Gasteiger partial charge in [-0.05, 0) is 19.1 Å². The van der Waals surface area contributed by atoms with Gasteiger partial charge in [0.15, 0.2) is 5.65 Å². The van der Waals surface area contributed by atoms with E-state index < -0.39 is 16.8 Å². The summed E-state index contributed by atoms with van der Waals surface area (Å²) in [6.45, 7) is 1.52. The second-order valence-electron chi connectivity index (χ2n) is 4.64. The van der Waals surface area contributed by atoms with Gasteiger partial charge < -0.3 is 0 Å². The Balaban J connectivity index is 2.07. The van der Waals surface area contributed by atoms with Crippen LogP contribution < -0.4 is 11.0 Å². The molecule has 0 radical (unpaired) electrons. The average molecular weight is 318 g/mol. The Morgan fingerprint density at radius 3 is 2.73 bits per heavy atom. The Hall–Kier alpha value is -2.67. The maximum absolute atomic E-state index is 12.3. The molecule has 0 unspecified atom stereocenters. The van der Waals surface area contributed by atoms with Gasteiger partial charge in [0, 0.05) is 0 Å². The molecular formula is C14H12ClN5O2. The Labute approximate surface area is 130 Å². The predicted molar refractivity (Wildman–Crippen MR) is 82.8 cm³/mol. The summed E-state index contributed by atoms with van der Waals surface area (Å²) in [7, 11) is 0. The van der Waals surface area contributed by atoms with E-state index in [4.69, 9.17) is 11.6 Å². The zero-order chi connectivity index (χ0) is 15.7. The average Bonchev–Trinajstić information content (AvgIpc) is 2.95. The van der Waals surface area contributed by atoms with Crippen LogP contribution in [0.5, 0.6) is 0 Å². The molecule has 0 saturated carbocycles. The Bertz CT molecular complexity index is 885. The van der Waals surface area contributed by atoms with Crippen molar-refractivity contribution < 1.29 is 4.79 Å². The molecule has 7 nitrogen and oxygen atoms in total. The third-order valence-corrected chi connectivity index (χ3v) is 3.28. The number of nitrogens with one attached hydrogen (secondary N) is 1. The van der Waals surface area contributed by atoms with Crippen molar-refractivity contribution in [2.45, 2.75) is 12.3 Å². The summed E-state index contributed by atoms with van der Waals surface area (Å²) in [6.07, 6.45) is 2.66. The SMILES string of the molecule is C[C@H](Cl)C(=O)Nn1cnc2c(cnn2-c2ccccc2)c1=O. The van der Waals surface area contributed by atoms with Crippen molar-refractivity contribution in [1.82, 2.24) is 19.4 Å². The van der Waals surface area contributed by atoms with Gasteiger partial charge in [-0.2, -0.15) is 5.10 Å². The fraction of sp³-hybridized carbons (Fsp3) is 0.143. The summed E-state index contributed by atoms with van der Waals surface area (Å²) >= 11 is 5.67. The molecule has 1 atom stereocenters. The largest absolute Gasteiger partial charge is 0.283 e. The van der Waals surface area contributed by atoms with Crippen LogP contribution in [0.25, 0.3) is 16.7 Å². The van der Waals surface area contributed by atoms with E-state index in [-0.39, 0.29) is 0 Å².